The van der Waals surface area contributed by atoms with Crippen molar-refractivity contribution in [2.75, 3.05) is 31.6 Å². The number of likely N-dealkylation sites (N-methyl/N-ethyl adjacent to an activating group) is 1. The SMILES string of the molecule is CN1CC=C[C@@]2(C)O[C@]34C=CCN(c5ccc6ccccc6c5)C(=O)C3N([C@H](CO)c3ccccc3)C(=O)[C@@H]4[C@H]2C1=O. The summed E-state index contributed by atoms with van der Waals surface area (Å²) in [6.07, 6.45) is 7.46. The van der Waals surface area contributed by atoms with E-state index in [0.29, 0.717) is 17.8 Å². The lowest BCUT2D eigenvalue weighted by Gasteiger charge is -2.40. The first-order valence-corrected chi connectivity index (χ1v) is 14.4. The minimum absolute atomic E-state index is 0.199. The van der Waals surface area contributed by atoms with Crippen molar-refractivity contribution in [2.24, 2.45) is 11.8 Å². The van der Waals surface area contributed by atoms with Crippen LogP contribution in [0.25, 0.3) is 10.8 Å². The molecule has 7 rings (SSSR count). The van der Waals surface area contributed by atoms with Crippen LogP contribution in [0.5, 0.6) is 0 Å². The lowest BCUT2D eigenvalue weighted by molar-refractivity contribution is -0.151. The number of anilines is 1. The fraction of sp³-hybridized carbons (Fsp3) is 0.324. The zero-order chi connectivity index (χ0) is 29.2. The first-order chi connectivity index (χ1) is 20.3. The van der Waals surface area contributed by atoms with Gasteiger partial charge in [0.15, 0.2) is 0 Å². The summed E-state index contributed by atoms with van der Waals surface area (Å²) in [7, 11) is 1.72. The second kappa shape index (κ2) is 9.64. The smallest absolute Gasteiger partial charge is 0.253 e. The molecule has 0 aliphatic carbocycles. The molecule has 3 aromatic carbocycles. The van der Waals surface area contributed by atoms with E-state index < -0.39 is 41.7 Å². The Bertz CT molecular complexity index is 1650. The van der Waals surface area contributed by atoms with Crippen molar-refractivity contribution >= 4 is 34.2 Å². The number of nitrogens with zero attached hydrogens (tertiary/aromatic N) is 3. The third kappa shape index (κ3) is 3.71. The molecule has 1 unspecified atom stereocenters. The molecular weight excluding hydrogens is 530 g/mol. The number of fused-ring (bicyclic) bond motifs is 3. The number of benzene rings is 3. The van der Waals surface area contributed by atoms with Gasteiger partial charge in [-0.25, -0.2) is 0 Å². The van der Waals surface area contributed by atoms with Gasteiger partial charge in [-0.2, -0.15) is 0 Å². The molecular formula is C34H33N3O5. The van der Waals surface area contributed by atoms with Gasteiger partial charge in [0.25, 0.3) is 5.91 Å². The number of carbonyl (C=O) groups is 3. The van der Waals surface area contributed by atoms with E-state index in [2.05, 4.69) is 0 Å². The molecule has 6 atom stereocenters. The van der Waals surface area contributed by atoms with E-state index in [9.17, 15) is 19.5 Å². The molecule has 1 spiro atoms. The standard InChI is InChI=1S/C34H33N3O5/c1-33-16-8-18-35(2)30(39)27(33)28-31(40)37(26(21-38)23-11-4-3-5-12-23)29-32(41)36(19-9-17-34(28,29)42-33)25-15-14-22-10-6-7-13-24(22)20-25/h3-17,20,26-29,38H,18-19,21H2,1-2H3/t26-,27+,28+,29?,33-,34+/m1/s1. The van der Waals surface area contributed by atoms with Crippen molar-refractivity contribution in [2.45, 2.75) is 30.2 Å². The maximum Gasteiger partial charge on any atom is 0.253 e. The first kappa shape index (κ1) is 26.6. The number of amides is 3. The Morgan fingerprint density at radius 2 is 1.57 bits per heavy atom. The number of hydrogen-bond acceptors (Lipinski definition) is 5. The van der Waals surface area contributed by atoms with Gasteiger partial charge in [0, 0.05) is 25.8 Å². The average molecular weight is 564 g/mol. The summed E-state index contributed by atoms with van der Waals surface area (Å²) in [5, 5.41) is 12.8. The van der Waals surface area contributed by atoms with E-state index in [0.717, 1.165) is 10.8 Å². The molecule has 214 valence electrons. The van der Waals surface area contributed by atoms with Gasteiger partial charge in [-0.15, -0.1) is 0 Å². The zero-order valence-corrected chi connectivity index (χ0v) is 23.6. The molecule has 4 heterocycles. The highest BCUT2D eigenvalue weighted by Crippen LogP contribution is 2.58. The molecule has 4 aliphatic rings. The molecule has 0 bridgehead atoms. The van der Waals surface area contributed by atoms with Crippen LogP contribution < -0.4 is 4.90 Å². The normalized spacial score (nSPS) is 31.2. The van der Waals surface area contributed by atoms with Crippen molar-refractivity contribution in [1.82, 2.24) is 9.80 Å². The molecule has 2 fully saturated rings. The Labute approximate surface area is 244 Å². The number of aliphatic hydroxyl groups excluding tert-OH is 1. The summed E-state index contributed by atoms with van der Waals surface area (Å²) in [5.74, 6) is -2.66. The third-order valence-electron chi connectivity index (χ3n) is 9.43. The van der Waals surface area contributed by atoms with Crippen LogP contribution in [0.2, 0.25) is 0 Å². The summed E-state index contributed by atoms with van der Waals surface area (Å²) in [5.41, 5.74) is -1.09. The molecule has 0 saturated carbocycles. The van der Waals surface area contributed by atoms with E-state index in [-0.39, 0.29) is 24.3 Å². The van der Waals surface area contributed by atoms with E-state index in [1.165, 1.54) is 4.90 Å². The van der Waals surface area contributed by atoms with Crippen LogP contribution in [-0.2, 0) is 19.1 Å². The second-order valence-corrected chi connectivity index (χ2v) is 11.9. The van der Waals surface area contributed by atoms with E-state index in [1.54, 1.807) is 16.8 Å². The van der Waals surface area contributed by atoms with E-state index in [4.69, 9.17) is 4.74 Å². The number of ether oxygens (including phenoxy) is 1. The molecule has 4 aliphatic heterocycles. The fourth-order valence-electron chi connectivity index (χ4n) is 7.52. The van der Waals surface area contributed by atoms with Crippen molar-refractivity contribution in [3.8, 4) is 0 Å². The topological polar surface area (TPSA) is 90.4 Å². The number of hydrogen-bond donors (Lipinski definition) is 1. The van der Waals surface area contributed by atoms with Crippen LogP contribution in [0.15, 0.2) is 97.1 Å². The van der Waals surface area contributed by atoms with Gasteiger partial charge in [-0.1, -0.05) is 85.0 Å². The van der Waals surface area contributed by atoms with Crippen LogP contribution >= 0.6 is 0 Å². The number of aliphatic hydroxyl groups is 1. The number of likely N-dealkylation sites (tertiary alicyclic amines) is 1. The van der Waals surface area contributed by atoms with Crippen molar-refractivity contribution < 1.29 is 24.2 Å². The second-order valence-electron chi connectivity index (χ2n) is 11.9. The monoisotopic (exact) mass is 563 g/mol. The molecule has 2 saturated heterocycles. The third-order valence-corrected chi connectivity index (χ3v) is 9.43. The first-order valence-electron chi connectivity index (χ1n) is 14.4. The molecule has 3 amide bonds. The minimum atomic E-state index is -1.40. The lowest BCUT2D eigenvalue weighted by Crippen LogP contribution is -2.57. The fourth-order valence-corrected chi connectivity index (χ4v) is 7.52. The highest BCUT2D eigenvalue weighted by atomic mass is 16.5. The molecule has 8 heteroatoms. The molecule has 0 aromatic heterocycles. The summed E-state index contributed by atoms with van der Waals surface area (Å²) in [6, 6.07) is 21.1. The predicted octanol–water partition coefficient (Wildman–Crippen LogP) is 3.48. The van der Waals surface area contributed by atoms with Gasteiger partial charge >= 0.3 is 0 Å². The lowest BCUT2D eigenvalue weighted by atomic mass is 9.74. The van der Waals surface area contributed by atoms with Crippen LogP contribution in [0.3, 0.4) is 0 Å². The Balaban J connectivity index is 1.41. The van der Waals surface area contributed by atoms with Gasteiger partial charge < -0.3 is 24.5 Å². The maximum atomic E-state index is 14.8. The van der Waals surface area contributed by atoms with Crippen molar-refractivity contribution in [3.63, 3.8) is 0 Å². The Morgan fingerprint density at radius 1 is 0.857 bits per heavy atom. The molecule has 42 heavy (non-hydrogen) atoms. The van der Waals surface area contributed by atoms with Crippen LogP contribution in [-0.4, -0.2) is 76.6 Å². The van der Waals surface area contributed by atoms with E-state index in [1.807, 2.05) is 104 Å². The molecule has 8 nitrogen and oxygen atoms in total. The van der Waals surface area contributed by atoms with Crippen LogP contribution in [0, 0.1) is 11.8 Å². The molecule has 0 radical (unpaired) electrons. The van der Waals surface area contributed by atoms with Gasteiger partial charge in [-0.05, 0) is 35.4 Å². The summed E-state index contributed by atoms with van der Waals surface area (Å²) in [6.45, 7) is 2.12. The van der Waals surface area contributed by atoms with Crippen LogP contribution in [0.4, 0.5) is 5.69 Å². The average Bonchev–Trinajstić information content (AvgIpc) is 3.28. The summed E-state index contributed by atoms with van der Waals surface area (Å²) < 4.78 is 6.89. The highest BCUT2D eigenvalue weighted by Gasteiger charge is 2.75. The van der Waals surface area contributed by atoms with Gasteiger partial charge in [0.1, 0.15) is 11.6 Å². The Hall–Kier alpha value is -4.27. The quantitative estimate of drug-likeness (QED) is 0.491. The van der Waals surface area contributed by atoms with Gasteiger partial charge in [0.2, 0.25) is 11.8 Å². The zero-order valence-electron chi connectivity index (χ0n) is 23.6. The Morgan fingerprint density at radius 3 is 2.33 bits per heavy atom. The Kier molecular flexibility index (Phi) is 6.11. The summed E-state index contributed by atoms with van der Waals surface area (Å²) in [4.78, 5) is 48.2. The van der Waals surface area contributed by atoms with Gasteiger partial charge in [-0.3, -0.25) is 14.4 Å². The summed E-state index contributed by atoms with van der Waals surface area (Å²) >= 11 is 0. The molecule has 3 aromatic rings. The van der Waals surface area contributed by atoms with Crippen molar-refractivity contribution in [3.05, 3.63) is 103 Å². The minimum Gasteiger partial charge on any atom is -0.394 e. The van der Waals surface area contributed by atoms with Crippen molar-refractivity contribution in [1.29, 1.82) is 0 Å². The molecule has 1 N–H and O–H groups in total. The van der Waals surface area contributed by atoms with Crippen LogP contribution in [0.1, 0.15) is 18.5 Å². The van der Waals surface area contributed by atoms with E-state index >= 15 is 0 Å². The number of rotatable bonds is 4. The van der Waals surface area contributed by atoms with Gasteiger partial charge in [0.05, 0.1) is 30.1 Å². The predicted molar refractivity (Wildman–Crippen MR) is 158 cm³/mol. The largest absolute Gasteiger partial charge is 0.394 e. The number of carbonyl (C=O) groups excluding carboxylic acids is 3. The highest BCUT2D eigenvalue weighted by molar-refractivity contribution is 6.07. The maximum absolute atomic E-state index is 14.8.